The van der Waals surface area contributed by atoms with E-state index in [1.165, 1.54) is 12.1 Å². The number of hydrogen-bond acceptors (Lipinski definition) is 7. The van der Waals surface area contributed by atoms with Crippen LogP contribution in [0.15, 0.2) is 35.4 Å². The van der Waals surface area contributed by atoms with Crippen LogP contribution in [0, 0.1) is 13.8 Å². The van der Waals surface area contributed by atoms with Gasteiger partial charge in [0.05, 0.1) is 16.6 Å². The molecule has 4 heterocycles. The van der Waals surface area contributed by atoms with E-state index in [-0.39, 0.29) is 22.9 Å². The third-order valence-corrected chi connectivity index (χ3v) is 7.62. The molecule has 3 aromatic rings. The highest BCUT2D eigenvalue weighted by Gasteiger charge is 2.32. The predicted molar refractivity (Wildman–Crippen MR) is 130 cm³/mol. The van der Waals surface area contributed by atoms with Gasteiger partial charge in [-0.3, -0.25) is 4.79 Å². The summed E-state index contributed by atoms with van der Waals surface area (Å²) in [6, 6.07) is 6.66. The monoisotopic (exact) mass is 482 g/mol. The number of aryl methyl sites for hydroxylation is 2. The van der Waals surface area contributed by atoms with E-state index in [2.05, 4.69) is 4.90 Å². The molecule has 9 nitrogen and oxygen atoms in total. The van der Waals surface area contributed by atoms with Crippen LogP contribution in [0.1, 0.15) is 58.9 Å². The minimum absolute atomic E-state index is 0.152. The molecule has 2 aliphatic rings. The first-order chi connectivity index (χ1) is 16.3. The van der Waals surface area contributed by atoms with Crippen molar-refractivity contribution in [2.45, 2.75) is 56.5 Å². The number of benzene rings is 1. The van der Waals surface area contributed by atoms with Crippen LogP contribution in [0.2, 0.25) is 0 Å². The zero-order chi connectivity index (χ0) is 24.0. The Morgan fingerprint density at radius 3 is 2.65 bits per heavy atom. The minimum Gasteiger partial charge on any atom is -0.355 e. The number of likely N-dealkylation sites (tertiary alicyclic amines) is 1. The summed E-state index contributed by atoms with van der Waals surface area (Å²) >= 11 is 0. The molecular weight excluding hydrogens is 452 g/mol. The highest BCUT2D eigenvalue weighted by Crippen LogP contribution is 2.33. The molecule has 180 valence electrons. The van der Waals surface area contributed by atoms with Crippen LogP contribution in [-0.2, 0) is 10.7 Å². The lowest BCUT2D eigenvalue weighted by atomic mass is 9.97. The molecule has 2 aromatic heterocycles. The zero-order valence-corrected chi connectivity index (χ0v) is 20.4. The zero-order valence-electron chi connectivity index (χ0n) is 19.5. The minimum atomic E-state index is -2.75. The number of fused-ring (bicyclic) bond motifs is 1. The first-order valence-corrected chi connectivity index (χ1v) is 12.9. The maximum atomic E-state index is 13.6. The average Bonchev–Trinajstić information content (AvgIpc) is 3.43. The third kappa shape index (κ3) is 4.16. The lowest BCUT2D eigenvalue weighted by Crippen LogP contribution is -2.39. The van der Waals surface area contributed by atoms with Crippen molar-refractivity contribution >= 4 is 28.1 Å². The van der Waals surface area contributed by atoms with Gasteiger partial charge in [-0.15, -0.1) is 0 Å². The molecule has 2 N–H and O–H groups in total. The van der Waals surface area contributed by atoms with Gasteiger partial charge in [0.1, 0.15) is 5.82 Å². The fourth-order valence-electron chi connectivity index (χ4n) is 5.07. The van der Waals surface area contributed by atoms with E-state index in [1.54, 1.807) is 10.6 Å². The van der Waals surface area contributed by atoms with E-state index >= 15 is 0 Å². The Hall–Kier alpha value is -2.98. The van der Waals surface area contributed by atoms with Crippen LogP contribution in [0.3, 0.4) is 0 Å². The molecule has 2 atom stereocenters. The van der Waals surface area contributed by atoms with Crippen molar-refractivity contribution in [3.63, 3.8) is 0 Å². The van der Waals surface area contributed by atoms with Crippen molar-refractivity contribution in [1.82, 2.24) is 19.5 Å². The number of amides is 1. The van der Waals surface area contributed by atoms with Crippen LogP contribution in [-0.4, -0.2) is 59.5 Å². The van der Waals surface area contributed by atoms with Crippen molar-refractivity contribution in [1.29, 1.82) is 0 Å². The maximum Gasteiger partial charge on any atom is 0.254 e. The van der Waals surface area contributed by atoms with Gasteiger partial charge >= 0.3 is 0 Å². The Kier molecular flexibility index (Phi) is 6.03. The molecule has 34 heavy (non-hydrogen) atoms. The van der Waals surface area contributed by atoms with Crippen molar-refractivity contribution in [3.8, 4) is 0 Å². The number of thiol groups is 1. The summed E-state index contributed by atoms with van der Waals surface area (Å²) in [5.74, 6) is 0.775. The van der Waals surface area contributed by atoms with Gasteiger partial charge in [-0.25, -0.2) is 17.9 Å². The highest BCUT2D eigenvalue weighted by molar-refractivity contribution is 7.72. The average molecular weight is 483 g/mol. The van der Waals surface area contributed by atoms with Crippen LogP contribution in [0.5, 0.6) is 0 Å². The SMILES string of the molecule is Cc1ccc([SH](=O)=O)cc1C(=O)N1CCCC[C@H]1c1cc2nc(N3CC[C@H](N)C3)c(C)cn2n1. The Labute approximate surface area is 200 Å². The number of carbonyl (C=O) groups excluding carboxylic acids is 1. The Morgan fingerprint density at radius 2 is 1.91 bits per heavy atom. The first kappa shape index (κ1) is 22.8. The molecule has 2 aliphatic heterocycles. The smallest absolute Gasteiger partial charge is 0.254 e. The van der Waals surface area contributed by atoms with Gasteiger partial charge in [0.15, 0.2) is 16.4 Å². The topological polar surface area (TPSA) is 114 Å². The molecule has 1 aromatic carbocycles. The highest BCUT2D eigenvalue weighted by atomic mass is 32.2. The second-order valence-electron chi connectivity index (χ2n) is 9.38. The molecular formula is C24H30N6O3S. The van der Waals surface area contributed by atoms with E-state index in [4.69, 9.17) is 15.8 Å². The van der Waals surface area contributed by atoms with Gasteiger partial charge in [-0.2, -0.15) is 5.10 Å². The van der Waals surface area contributed by atoms with E-state index in [9.17, 15) is 13.2 Å². The molecule has 0 radical (unpaired) electrons. The first-order valence-electron chi connectivity index (χ1n) is 11.8. The second-order valence-corrected chi connectivity index (χ2v) is 10.4. The largest absolute Gasteiger partial charge is 0.355 e. The molecule has 0 spiro atoms. The van der Waals surface area contributed by atoms with Gasteiger partial charge in [-0.05, 0) is 57.2 Å². The summed E-state index contributed by atoms with van der Waals surface area (Å²) < 4.78 is 24.8. The standard InChI is InChI=1S/C24H30N6O3S/c1-15-6-7-18(34(32)33)11-19(15)24(31)29-9-4-3-5-21(29)20-12-22-26-23(16(2)13-30(22)27-20)28-10-8-17(25)14-28/h6-7,11-13,17,21,34H,3-5,8-10,14,25H2,1-2H3/t17-,21-/m0/s1. The van der Waals surface area contributed by atoms with Crippen molar-refractivity contribution in [2.24, 2.45) is 5.73 Å². The number of piperidine rings is 1. The fourth-order valence-corrected chi connectivity index (χ4v) is 5.50. The fraction of sp³-hybridized carbons (Fsp3) is 0.458. The summed E-state index contributed by atoms with van der Waals surface area (Å²) in [4.78, 5) is 22.7. The molecule has 0 unspecified atom stereocenters. The molecule has 0 aliphatic carbocycles. The second kappa shape index (κ2) is 8.99. The number of aromatic nitrogens is 3. The molecule has 5 rings (SSSR count). The molecule has 0 saturated carbocycles. The van der Waals surface area contributed by atoms with Gasteiger partial charge in [0.25, 0.3) is 5.91 Å². The number of anilines is 1. The lowest BCUT2D eigenvalue weighted by Gasteiger charge is -2.35. The van der Waals surface area contributed by atoms with Crippen molar-refractivity contribution in [3.05, 3.63) is 52.8 Å². The van der Waals surface area contributed by atoms with Crippen LogP contribution >= 0.6 is 0 Å². The number of rotatable bonds is 4. The van der Waals surface area contributed by atoms with Gasteiger partial charge in [0, 0.05) is 49.1 Å². The number of hydrogen-bond donors (Lipinski definition) is 2. The molecule has 2 saturated heterocycles. The summed E-state index contributed by atoms with van der Waals surface area (Å²) in [6.45, 7) is 6.15. The van der Waals surface area contributed by atoms with Crippen LogP contribution in [0.25, 0.3) is 5.65 Å². The van der Waals surface area contributed by atoms with E-state index in [0.717, 1.165) is 67.1 Å². The van der Waals surface area contributed by atoms with E-state index < -0.39 is 10.7 Å². The van der Waals surface area contributed by atoms with Gasteiger partial charge in [-0.1, -0.05) is 6.07 Å². The maximum absolute atomic E-state index is 13.6. The third-order valence-electron chi connectivity index (χ3n) is 6.92. The summed E-state index contributed by atoms with van der Waals surface area (Å²) in [5.41, 5.74) is 9.87. The molecule has 10 heteroatoms. The number of carbonyl (C=O) groups is 1. The summed E-state index contributed by atoms with van der Waals surface area (Å²) in [5, 5.41) is 4.79. The molecule has 0 bridgehead atoms. The van der Waals surface area contributed by atoms with Crippen LogP contribution < -0.4 is 10.6 Å². The van der Waals surface area contributed by atoms with Crippen molar-refractivity contribution < 1.29 is 13.2 Å². The molecule has 1 amide bonds. The normalized spacial score (nSPS) is 21.1. The molecule has 2 fully saturated rings. The van der Waals surface area contributed by atoms with Gasteiger partial charge < -0.3 is 15.5 Å². The quantitative estimate of drug-likeness (QED) is 0.548. The van der Waals surface area contributed by atoms with E-state index in [1.807, 2.05) is 31.0 Å². The lowest BCUT2D eigenvalue weighted by molar-refractivity contribution is 0.0604. The van der Waals surface area contributed by atoms with E-state index in [0.29, 0.717) is 12.1 Å². The van der Waals surface area contributed by atoms with Gasteiger partial charge in [0.2, 0.25) is 0 Å². The Balaban J connectivity index is 1.49. The Morgan fingerprint density at radius 1 is 1.09 bits per heavy atom. The number of nitrogens with two attached hydrogens (primary N) is 1. The predicted octanol–water partition coefficient (Wildman–Crippen LogP) is 2.22. The number of nitrogens with zero attached hydrogens (tertiary/aromatic N) is 5. The van der Waals surface area contributed by atoms with Crippen molar-refractivity contribution in [2.75, 3.05) is 24.5 Å². The summed E-state index contributed by atoms with van der Waals surface area (Å²) in [6.07, 6.45) is 5.64. The Bertz CT molecular complexity index is 1330. The summed E-state index contributed by atoms with van der Waals surface area (Å²) in [7, 11) is -2.75. The van der Waals surface area contributed by atoms with Crippen LogP contribution in [0.4, 0.5) is 5.82 Å².